The average molecular weight is 137 g/mol. The van der Waals surface area contributed by atoms with Gasteiger partial charge in [0.15, 0.2) is 0 Å². The zero-order chi connectivity index (χ0) is 8.15. The van der Waals surface area contributed by atoms with Crippen molar-refractivity contribution in [2.24, 2.45) is 0 Å². The first-order valence-corrected chi connectivity index (χ1v) is 3.35. The standard InChI is InChI=1S/C9H15N/c1-6-9(5)10(7-2)8(3)4/h6-8H,1-2,5H2,3-4H3. The molecule has 0 saturated heterocycles. The second kappa shape index (κ2) is 3.94. The van der Waals surface area contributed by atoms with Gasteiger partial charge >= 0.3 is 0 Å². The number of allylic oxidation sites excluding steroid dienone is 1. The van der Waals surface area contributed by atoms with E-state index in [2.05, 4.69) is 33.6 Å². The minimum absolute atomic E-state index is 0.406. The molecule has 0 radical (unpaired) electrons. The Morgan fingerprint density at radius 1 is 1.40 bits per heavy atom. The van der Waals surface area contributed by atoms with Crippen molar-refractivity contribution < 1.29 is 0 Å². The molecule has 0 atom stereocenters. The zero-order valence-electron chi connectivity index (χ0n) is 6.80. The fourth-order valence-corrected chi connectivity index (χ4v) is 0.765. The van der Waals surface area contributed by atoms with Crippen LogP contribution in [-0.4, -0.2) is 10.9 Å². The largest absolute Gasteiger partial charge is 0.347 e. The Balaban J connectivity index is 4.19. The topological polar surface area (TPSA) is 3.24 Å². The lowest BCUT2D eigenvalue weighted by atomic mass is 10.3. The third-order valence-corrected chi connectivity index (χ3v) is 1.32. The molecule has 0 aliphatic heterocycles. The van der Waals surface area contributed by atoms with Gasteiger partial charge in [-0.3, -0.25) is 0 Å². The van der Waals surface area contributed by atoms with Crippen LogP contribution in [0, 0.1) is 0 Å². The van der Waals surface area contributed by atoms with Gasteiger partial charge in [-0.05, 0) is 26.1 Å². The van der Waals surface area contributed by atoms with E-state index in [9.17, 15) is 0 Å². The number of nitrogens with zero attached hydrogens (tertiary/aromatic N) is 1. The number of rotatable bonds is 4. The molecule has 0 aliphatic carbocycles. The van der Waals surface area contributed by atoms with E-state index in [1.165, 1.54) is 0 Å². The van der Waals surface area contributed by atoms with Crippen LogP contribution in [0.3, 0.4) is 0 Å². The van der Waals surface area contributed by atoms with Crippen molar-refractivity contribution in [3.05, 3.63) is 37.7 Å². The van der Waals surface area contributed by atoms with E-state index in [1.54, 1.807) is 12.3 Å². The Labute approximate surface area is 63.3 Å². The molecule has 0 fully saturated rings. The molecule has 0 aromatic carbocycles. The molecular weight excluding hydrogens is 122 g/mol. The zero-order valence-corrected chi connectivity index (χ0v) is 6.80. The van der Waals surface area contributed by atoms with Crippen LogP contribution in [0.15, 0.2) is 37.7 Å². The fraction of sp³-hybridized carbons (Fsp3) is 0.333. The molecule has 0 aromatic rings. The summed E-state index contributed by atoms with van der Waals surface area (Å²) in [7, 11) is 0. The highest BCUT2D eigenvalue weighted by atomic mass is 15.1. The molecule has 10 heavy (non-hydrogen) atoms. The van der Waals surface area contributed by atoms with Crippen molar-refractivity contribution >= 4 is 0 Å². The van der Waals surface area contributed by atoms with Crippen LogP contribution in [0.2, 0.25) is 0 Å². The van der Waals surface area contributed by atoms with Crippen LogP contribution in [0.1, 0.15) is 13.8 Å². The van der Waals surface area contributed by atoms with E-state index in [4.69, 9.17) is 0 Å². The van der Waals surface area contributed by atoms with E-state index in [0.29, 0.717) is 6.04 Å². The first kappa shape index (κ1) is 9.02. The maximum Gasteiger partial charge on any atom is 0.0329 e. The summed E-state index contributed by atoms with van der Waals surface area (Å²) >= 11 is 0. The monoisotopic (exact) mass is 137 g/mol. The van der Waals surface area contributed by atoms with Gasteiger partial charge in [0, 0.05) is 11.7 Å². The van der Waals surface area contributed by atoms with Crippen LogP contribution in [0.25, 0.3) is 0 Å². The molecule has 0 bridgehead atoms. The fourth-order valence-electron chi connectivity index (χ4n) is 0.765. The van der Waals surface area contributed by atoms with Crippen LogP contribution in [0.4, 0.5) is 0 Å². The van der Waals surface area contributed by atoms with Crippen LogP contribution >= 0.6 is 0 Å². The first-order chi connectivity index (χ1) is 4.63. The molecule has 0 unspecified atom stereocenters. The summed E-state index contributed by atoms with van der Waals surface area (Å²) in [6.45, 7) is 15.3. The van der Waals surface area contributed by atoms with Crippen molar-refractivity contribution in [3.63, 3.8) is 0 Å². The van der Waals surface area contributed by atoms with Gasteiger partial charge < -0.3 is 4.90 Å². The van der Waals surface area contributed by atoms with Gasteiger partial charge in [-0.25, -0.2) is 0 Å². The van der Waals surface area contributed by atoms with Gasteiger partial charge in [0.1, 0.15) is 0 Å². The van der Waals surface area contributed by atoms with E-state index in [0.717, 1.165) is 5.70 Å². The maximum atomic E-state index is 3.80. The quantitative estimate of drug-likeness (QED) is 0.538. The molecule has 0 heterocycles. The summed E-state index contributed by atoms with van der Waals surface area (Å²) in [5.41, 5.74) is 0.894. The molecule has 0 amide bonds. The second-order valence-corrected chi connectivity index (χ2v) is 2.38. The van der Waals surface area contributed by atoms with Gasteiger partial charge in [0.25, 0.3) is 0 Å². The lowest BCUT2D eigenvalue weighted by molar-refractivity contribution is 0.398. The van der Waals surface area contributed by atoms with Crippen molar-refractivity contribution in [2.75, 3.05) is 0 Å². The lowest BCUT2D eigenvalue weighted by Gasteiger charge is -2.24. The third-order valence-electron chi connectivity index (χ3n) is 1.32. The molecule has 0 N–H and O–H groups in total. The molecular formula is C9H15N. The maximum absolute atomic E-state index is 3.80. The Morgan fingerprint density at radius 3 is 2.00 bits per heavy atom. The van der Waals surface area contributed by atoms with E-state index >= 15 is 0 Å². The Bertz CT molecular complexity index is 145. The SMILES string of the molecule is C=CC(=C)N(C=C)C(C)C. The van der Waals surface area contributed by atoms with Gasteiger partial charge in [0.2, 0.25) is 0 Å². The predicted molar refractivity (Wildman–Crippen MR) is 46.5 cm³/mol. The Kier molecular flexibility index (Phi) is 3.55. The molecule has 56 valence electrons. The summed E-state index contributed by atoms with van der Waals surface area (Å²) in [5, 5.41) is 0. The van der Waals surface area contributed by atoms with Crippen molar-refractivity contribution in [2.45, 2.75) is 19.9 Å². The van der Waals surface area contributed by atoms with Gasteiger partial charge in [-0.15, -0.1) is 0 Å². The molecule has 0 rings (SSSR count). The molecule has 0 aromatic heterocycles. The summed E-state index contributed by atoms with van der Waals surface area (Å²) < 4.78 is 0. The molecule has 0 aliphatic rings. The first-order valence-electron chi connectivity index (χ1n) is 3.35. The predicted octanol–water partition coefficient (Wildman–Crippen LogP) is 2.54. The highest BCUT2D eigenvalue weighted by molar-refractivity contribution is 5.13. The van der Waals surface area contributed by atoms with Crippen LogP contribution in [-0.2, 0) is 0 Å². The summed E-state index contributed by atoms with van der Waals surface area (Å²) in [6.07, 6.45) is 3.48. The molecule has 1 nitrogen and oxygen atoms in total. The smallest absolute Gasteiger partial charge is 0.0329 e. The highest BCUT2D eigenvalue weighted by Gasteiger charge is 2.03. The molecule has 1 heteroatoms. The Morgan fingerprint density at radius 2 is 1.90 bits per heavy atom. The van der Waals surface area contributed by atoms with Gasteiger partial charge in [0.05, 0.1) is 0 Å². The highest BCUT2D eigenvalue weighted by Crippen LogP contribution is 2.07. The average Bonchev–Trinajstić information content (AvgIpc) is 1.88. The lowest BCUT2D eigenvalue weighted by Crippen LogP contribution is -2.22. The normalized spacial score (nSPS) is 9.10. The van der Waals surface area contributed by atoms with E-state index in [1.807, 2.05) is 4.90 Å². The molecule has 0 saturated carbocycles. The minimum atomic E-state index is 0.406. The van der Waals surface area contributed by atoms with Crippen LogP contribution in [0.5, 0.6) is 0 Å². The van der Waals surface area contributed by atoms with Gasteiger partial charge in [-0.1, -0.05) is 19.7 Å². The summed E-state index contributed by atoms with van der Waals surface area (Å²) in [4.78, 5) is 1.97. The Hall–Kier alpha value is -0.980. The van der Waals surface area contributed by atoms with Crippen molar-refractivity contribution in [1.82, 2.24) is 4.90 Å². The molecule has 0 spiro atoms. The van der Waals surface area contributed by atoms with Crippen molar-refractivity contribution in [3.8, 4) is 0 Å². The van der Waals surface area contributed by atoms with E-state index in [-0.39, 0.29) is 0 Å². The van der Waals surface area contributed by atoms with E-state index < -0.39 is 0 Å². The van der Waals surface area contributed by atoms with Gasteiger partial charge in [-0.2, -0.15) is 0 Å². The third kappa shape index (κ3) is 2.09. The van der Waals surface area contributed by atoms with Crippen LogP contribution < -0.4 is 0 Å². The number of hydrogen-bond acceptors (Lipinski definition) is 1. The van der Waals surface area contributed by atoms with Crippen molar-refractivity contribution in [1.29, 1.82) is 0 Å². The summed E-state index contributed by atoms with van der Waals surface area (Å²) in [5.74, 6) is 0. The second-order valence-electron chi connectivity index (χ2n) is 2.38. The minimum Gasteiger partial charge on any atom is -0.347 e. The number of hydrogen-bond donors (Lipinski definition) is 0. The summed E-state index contributed by atoms with van der Waals surface area (Å²) in [6, 6.07) is 0.406.